The minimum absolute atomic E-state index is 0.160. The molecule has 1 heterocycles. The van der Waals surface area contributed by atoms with Crippen LogP contribution in [0.5, 0.6) is 5.75 Å². The first-order chi connectivity index (χ1) is 13.5. The number of hydrogen-bond donors (Lipinski definition) is 0. The van der Waals surface area contributed by atoms with Crippen LogP contribution in [0.1, 0.15) is 24.8 Å². The van der Waals surface area contributed by atoms with Crippen LogP contribution in [0.3, 0.4) is 0 Å². The molecule has 0 aliphatic rings. The van der Waals surface area contributed by atoms with Crippen molar-refractivity contribution in [2.75, 3.05) is 7.05 Å². The molecule has 0 saturated heterocycles. The second kappa shape index (κ2) is 8.89. The summed E-state index contributed by atoms with van der Waals surface area (Å²) in [4.78, 5) is 18.7. The van der Waals surface area contributed by atoms with Crippen LogP contribution in [0.2, 0.25) is 5.02 Å². The van der Waals surface area contributed by atoms with Crippen molar-refractivity contribution in [1.29, 1.82) is 0 Å². The van der Waals surface area contributed by atoms with Gasteiger partial charge in [0.2, 0.25) is 11.7 Å². The van der Waals surface area contributed by atoms with Gasteiger partial charge in [0.05, 0.1) is 6.54 Å². The second-order valence-electron chi connectivity index (χ2n) is 6.54. The van der Waals surface area contributed by atoms with E-state index in [9.17, 15) is 4.79 Å². The molecule has 0 saturated carbocycles. The number of amides is 1. The molecule has 2 aromatic carbocycles. The van der Waals surface area contributed by atoms with Gasteiger partial charge in [0.25, 0.3) is 5.91 Å². The molecule has 0 aliphatic carbocycles. The van der Waals surface area contributed by atoms with Crippen molar-refractivity contribution in [3.63, 3.8) is 0 Å². The van der Waals surface area contributed by atoms with Crippen LogP contribution in [0.15, 0.2) is 53.1 Å². The highest BCUT2D eigenvalue weighted by molar-refractivity contribution is 6.30. The van der Waals surface area contributed by atoms with Gasteiger partial charge in [-0.3, -0.25) is 4.79 Å². The van der Waals surface area contributed by atoms with Crippen molar-refractivity contribution in [2.24, 2.45) is 0 Å². The molecule has 7 heteroatoms. The van der Waals surface area contributed by atoms with E-state index in [1.807, 2.05) is 38.1 Å². The topological polar surface area (TPSA) is 68.5 Å². The number of carbonyl (C=O) groups is 1. The fourth-order valence-corrected chi connectivity index (χ4v) is 2.78. The second-order valence-corrected chi connectivity index (χ2v) is 6.98. The molecular weight excluding hydrogens is 378 g/mol. The van der Waals surface area contributed by atoms with Crippen LogP contribution >= 0.6 is 11.6 Å². The Morgan fingerprint density at radius 3 is 2.50 bits per heavy atom. The molecule has 3 rings (SSSR count). The summed E-state index contributed by atoms with van der Waals surface area (Å²) in [5.41, 5.74) is 2.02. The quantitative estimate of drug-likeness (QED) is 0.584. The monoisotopic (exact) mass is 399 g/mol. The van der Waals surface area contributed by atoms with Crippen LogP contribution in [0.4, 0.5) is 0 Å². The largest absolute Gasteiger partial charge is 0.481 e. The number of nitrogens with zero attached hydrogens (tertiary/aromatic N) is 3. The number of halogens is 1. The predicted octanol–water partition coefficient (Wildman–Crippen LogP) is 4.51. The van der Waals surface area contributed by atoms with Gasteiger partial charge in [-0.25, -0.2) is 0 Å². The van der Waals surface area contributed by atoms with E-state index in [0.717, 1.165) is 11.1 Å². The average molecular weight is 400 g/mol. The maximum Gasteiger partial charge on any atom is 0.263 e. The van der Waals surface area contributed by atoms with Crippen molar-refractivity contribution in [3.8, 4) is 17.1 Å². The molecule has 1 amide bonds. The number of rotatable bonds is 7. The van der Waals surface area contributed by atoms with Crippen LogP contribution in [0.25, 0.3) is 11.4 Å². The number of carbonyl (C=O) groups excluding carboxylic acids is 1. The van der Waals surface area contributed by atoms with E-state index in [-0.39, 0.29) is 12.5 Å². The van der Waals surface area contributed by atoms with E-state index >= 15 is 0 Å². The third kappa shape index (κ3) is 4.89. The van der Waals surface area contributed by atoms with Crippen molar-refractivity contribution in [2.45, 2.75) is 32.9 Å². The standard InChI is InChI=1S/C21H22ClN3O3/c1-4-18(27-17-11-9-16(22)10-12-17)21(26)25(3)13-19-23-20(24-28-19)15-7-5-14(2)6-8-15/h5-12,18H,4,13H2,1-3H3/t18-/m0/s1. The van der Waals surface area contributed by atoms with Crippen molar-refractivity contribution < 1.29 is 14.1 Å². The molecule has 0 bridgehead atoms. The maximum atomic E-state index is 12.7. The summed E-state index contributed by atoms with van der Waals surface area (Å²) in [6.45, 7) is 4.12. The third-order valence-corrected chi connectivity index (χ3v) is 4.52. The zero-order chi connectivity index (χ0) is 20.1. The molecule has 0 N–H and O–H groups in total. The molecule has 1 atom stereocenters. The van der Waals surface area contributed by atoms with Gasteiger partial charge in [0.1, 0.15) is 5.75 Å². The summed E-state index contributed by atoms with van der Waals surface area (Å²) in [6.07, 6.45) is -0.0739. The van der Waals surface area contributed by atoms with E-state index in [1.165, 1.54) is 4.90 Å². The Morgan fingerprint density at radius 2 is 1.86 bits per heavy atom. The van der Waals surface area contributed by atoms with Gasteiger partial charge in [0.15, 0.2) is 6.10 Å². The molecule has 0 fully saturated rings. The Labute approximate surface area is 169 Å². The molecule has 0 aliphatic heterocycles. The molecule has 146 valence electrons. The molecule has 6 nitrogen and oxygen atoms in total. The van der Waals surface area contributed by atoms with Crippen LogP contribution in [-0.4, -0.2) is 34.1 Å². The SMILES string of the molecule is CC[C@H](Oc1ccc(Cl)cc1)C(=O)N(C)Cc1nc(-c2ccc(C)cc2)no1. The minimum Gasteiger partial charge on any atom is -0.481 e. The first-order valence-corrected chi connectivity index (χ1v) is 9.41. The van der Waals surface area contributed by atoms with Gasteiger partial charge in [-0.1, -0.05) is 53.5 Å². The fraction of sp³-hybridized carbons (Fsp3) is 0.286. The summed E-state index contributed by atoms with van der Waals surface area (Å²) in [5.74, 6) is 1.30. The fourth-order valence-electron chi connectivity index (χ4n) is 2.65. The Hall–Kier alpha value is -2.86. The summed E-state index contributed by atoms with van der Waals surface area (Å²) in [7, 11) is 1.69. The Bertz CT molecular complexity index is 923. The Balaban J connectivity index is 1.64. The summed E-state index contributed by atoms with van der Waals surface area (Å²) in [6, 6.07) is 14.8. The van der Waals surface area contributed by atoms with Crippen LogP contribution < -0.4 is 4.74 Å². The predicted molar refractivity (Wildman–Crippen MR) is 107 cm³/mol. The average Bonchev–Trinajstić information content (AvgIpc) is 3.16. The molecule has 0 radical (unpaired) electrons. The van der Waals surface area contributed by atoms with Gasteiger partial charge in [0, 0.05) is 17.6 Å². The number of ether oxygens (including phenoxy) is 1. The normalized spacial score (nSPS) is 11.9. The van der Waals surface area contributed by atoms with Gasteiger partial charge < -0.3 is 14.2 Å². The van der Waals surface area contributed by atoms with Crippen molar-refractivity contribution >= 4 is 17.5 Å². The van der Waals surface area contributed by atoms with Crippen LogP contribution in [-0.2, 0) is 11.3 Å². The summed E-state index contributed by atoms with van der Waals surface area (Å²) >= 11 is 5.89. The Morgan fingerprint density at radius 1 is 1.18 bits per heavy atom. The smallest absolute Gasteiger partial charge is 0.263 e. The van der Waals surface area contributed by atoms with Gasteiger partial charge in [-0.05, 0) is 37.6 Å². The Kier molecular flexibility index (Phi) is 6.31. The third-order valence-electron chi connectivity index (χ3n) is 4.26. The number of benzene rings is 2. The lowest BCUT2D eigenvalue weighted by Gasteiger charge is -2.22. The minimum atomic E-state index is -0.606. The van der Waals surface area contributed by atoms with Gasteiger partial charge >= 0.3 is 0 Å². The number of aromatic nitrogens is 2. The molecular formula is C21H22ClN3O3. The van der Waals surface area contributed by atoms with Gasteiger partial charge in [-0.15, -0.1) is 0 Å². The highest BCUT2D eigenvalue weighted by Gasteiger charge is 2.24. The molecule has 0 spiro atoms. The number of likely N-dealkylation sites (N-methyl/N-ethyl adjacent to an activating group) is 1. The maximum absolute atomic E-state index is 12.7. The zero-order valence-electron chi connectivity index (χ0n) is 16.1. The van der Waals surface area contributed by atoms with Crippen LogP contribution in [0, 0.1) is 6.92 Å². The van der Waals surface area contributed by atoms with Crippen molar-refractivity contribution in [3.05, 3.63) is 65.0 Å². The van der Waals surface area contributed by atoms with Gasteiger partial charge in [-0.2, -0.15) is 4.98 Å². The number of aryl methyl sites for hydroxylation is 1. The van der Waals surface area contributed by atoms with E-state index in [4.69, 9.17) is 20.9 Å². The van der Waals surface area contributed by atoms with E-state index in [0.29, 0.717) is 28.9 Å². The number of hydrogen-bond acceptors (Lipinski definition) is 5. The molecule has 1 aromatic heterocycles. The molecule has 28 heavy (non-hydrogen) atoms. The lowest BCUT2D eigenvalue weighted by atomic mass is 10.1. The summed E-state index contributed by atoms with van der Waals surface area (Å²) < 4.78 is 11.1. The molecule has 3 aromatic rings. The lowest BCUT2D eigenvalue weighted by Crippen LogP contribution is -2.39. The van der Waals surface area contributed by atoms with E-state index < -0.39 is 6.10 Å². The molecule has 0 unspecified atom stereocenters. The first-order valence-electron chi connectivity index (χ1n) is 9.03. The van der Waals surface area contributed by atoms with E-state index in [1.54, 1.807) is 31.3 Å². The lowest BCUT2D eigenvalue weighted by molar-refractivity contribution is -0.138. The first kappa shape index (κ1) is 19.9. The van der Waals surface area contributed by atoms with E-state index in [2.05, 4.69) is 10.1 Å². The summed E-state index contributed by atoms with van der Waals surface area (Å²) in [5, 5.41) is 4.62. The van der Waals surface area contributed by atoms with Crippen molar-refractivity contribution in [1.82, 2.24) is 15.0 Å². The highest BCUT2D eigenvalue weighted by Crippen LogP contribution is 2.20. The zero-order valence-corrected chi connectivity index (χ0v) is 16.8. The highest BCUT2D eigenvalue weighted by atomic mass is 35.5.